The summed E-state index contributed by atoms with van der Waals surface area (Å²) in [5.41, 5.74) is 0.635. The molecule has 2 aromatic rings. The second-order valence-corrected chi connectivity index (χ2v) is 3.21. The lowest BCUT2D eigenvalue weighted by molar-refractivity contribution is -0.257. The van der Waals surface area contributed by atoms with E-state index in [9.17, 15) is 14.7 Å². The Bertz CT molecular complexity index is 595. The molecule has 4 nitrogen and oxygen atoms in total. The van der Waals surface area contributed by atoms with Gasteiger partial charge in [-0.1, -0.05) is 12.1 Å². The molecule has 0 unspecified atom stereocenters. The second-order valence-electron chi connectivity index (χ2n) is 3.21. The minimum Gasteiger partial charge on any atom is -0.542 e. The van der Waals surface area contributed by atoms with Gasteiger partial charge < -0.3 is 14.3 Å². The highest BCUT2D eigenvalue weighted by Crippen LogP contribution is 2.16. The molecule has 1 aromatic carbocycles. The van der Waals surface area contributed by atoms with E-state index in [1.807, 2.05) is 0 Å². The van der Waals surface area contributed by atoms with Crippen LogP contribution < -0.4 is 10.5 Å². The lowest BCUT2D eigenvalue weighted by atomic mass is 10.1. The summed E-state index contributed by atoms with van der Waals surface area (Å²) in [5, 5.41) is 10.9. The van der Waals surface area contributed by atoms with Crippen molar-refractivity contribution in [3.8, 4) is 0 Å². The van der Waals surface area contributed by atoms with Crippen molar-refractivity contribution in [2.45, 2.75) is 6.92 Å². The number of rotatable bonds is 1. The van der Waals surface area contributed by atoms with Crippen LogP contribution in [-0.4, -0.2) is 5.97 Å². The maximum Gasteiger partial charge on any atom is 0.193 e. The van der Waals surface area contributed by atoms with Crippen LogP contribution in [0.1, 0.15) is 16.1 Å². The molecule has 4 heteroatoms. The Balaban J connectivity index is 2.92. The predicted molar refractivity (Wildman–Crippen MR) is 51.6 cm³/mol. The molecule has 2 rings (SSSR count). The van der Waals surface area contributed by atoms with Gasteiger partial charge in [0.15, 0.2) is 11.2 Å². The molecular formula is C11H7O4-. The molecule has 0 spiro atoms. The van der Waals surface area contributed by atoms with Crippen molar-refractivity contribution in [1.82, 2.24) is 0 Å². The number of carboxylic acids is 1. The van der Waals surface area contributed by atoms with Crippen molar-refractivity contribution in [2.75, 3.05) is 0 Å². The molecule has 0 amide bonds. The Morgan fingerprint density at radius 2 is 2.13 bits per heavy atom. The van der Waals surface area contributed by atoms with Crippen LogP contribution in [0.5, 0.6) is 0 Å². The molecule has 0 aliphatic carbocycles. The molecule has 0 atom stereocenters. The standard InChI is InChI=1S/C11H8O4/c1-6-3-2-4-7-8(12)5-9(11(13)14)15-10(6)7/h2-5H,1H3,(H,13,14)/p-1. The number of benzene rings is 1. The predicted octanol–water partition coefficient (Wildman–Crippen LogP) is 0.465. The van der Waals surface area contributed by atoms with Gasteiger partial charge >= 0.3 is 0 Å². The minimum atomic E-state index is -1.49. The van der Waals surface area contributed by atoms with E-state index < -0.39 is 11.7 Å². The maximum atomic E-state index is 11.5. The first kappa shape index (κ1) is 9.45. The Kier molecular flexibility index (Phi) is 2.04. The summed E-state index contributed by atoms with van der Waals surface area (Å²) >= 11 is 0. The topological polar surface area (TPSA) is 70.3 Å². The summed E-state index contributed by atoms with van der Waals surface area (Å²) in [6.07, 6.45) is 0. The zero-order valence-electron chi connectivity index (χ0n) is 7.94. The highest BCUT2D eigenvalue weighted by atomic mass is 16.4. The first-order valence-corrected chi connectivity index (χ1v) is 4.34. The molecule has 1 heterocycles. The van der Waals surface area contributed by atoms with Crippen molar-refractivity contribution in [2.24, 2.45) is 0 Å². The van der Waals surface area contributed by atoms with Crippen LogP contribution in [0.2, 0.25) is 0 Å². The van der Waals surface area contributed by atoms with Gasteiger partial charge in [0.25, 0.3) is 0 Å². The summed E-state index contributed by atoms with van der Waals surface area (Å²) in [5.74, 6) is -1.93. The third-order valence-electron chi connectivity index (χ3n) is 2.15. The first-order chi connectivity index (χ1) is 7.09. The molecule has 0 saturated heterocycles. The summed E-state index contributed by atoms with van der Waals surface area (Å²) in [6.45, 7) is 1.74. The van der Waals surface area contributed by atoms with Gasteiger partial charge in [-0.3, -0.25) is 4.79 Å². The van der Waals surface area contributed by atoms with Gasteiger partial charge in [-0.15, -0.1) is 0 Å². The van der Waals surface area contributed by atoms with E-state index in [0.29, 0.717) is 16.5 Å². The molecule has 15 heavy (non-hydrogen) atoms. The lowest BCUT2D eigenvalue weighted by Crippen LogP contribution is -2.23. The normalized spacial score (nSPS) is 10.5. The van der Waals surface area contributed by atoms with Gasteiger partial charge in [-0.2, -0.15) is 0 Å². The van der Waals surface area contributed by atoms with Gasteiger partial charge in [0, 0.05) is 6.07 Å². The lowest BCUT2D eigenvalue weighted by Gasteiger charge is -2.04. The Hall–Kier alpha value is -2.10. The fourth-order valence-electron chi connectivity index (χ4n) is 1.42. The minimum absolute atomic E-state index is 0.296. The van der Waals surface area contributed by atoms with Gasteiger partial charge in [0.1, 0.15) is 11.6 Å². The number of hydrogen-bond donors (Lipinski definition) is 0. The highest BCUT2D eigenvalue weighted by molar-refractivity contribution is 5.87. The van der Waals surface area contributed by atoms with Crippen molar-refractivity contribution in [3.63, 3.8) is 0 Å². The number of carboxylic acid groups (broad SMARTS) is 1. The number of fused-ring (bicyclic) bond motifs is 1. The maximum absolute atomic E-state index is 11.5. The van der Waals surface area contributed by atoms with Crippen LogP contribution in [0.4, 0.5) is 0 Å². The van der Waals surface area contributed by atoms with Gasteiger partial charge in [0.05, 0.1) is 5.39 Å². The van der Waals surface area contributed by atoms with Gasteiger partial charge in [0.2, 0.25) is 0 Å². The first-order valence-electron chi connectivity index (χ1n) is 4.34. The summed E-state index contributed by atoms with van der Waals surface area (Å²) < 4.78 is 5.07. The zero-order valence-corrected chi connectivity index (χ0v) is 7.94. The van der Waals surface area contributed by atoms with E-state index in [1.54, 1.807) is 25.1 Å². The quantitative estimate of drug-likeness (QED) is 0.675. The fraction of sp³-hybridized carbons (Fsp3) is 0.0909. The molecular weight excluding hydrogens is 196 g/mol. The SMILES string of the molecule is Cc1cccc2c(=O)cc(C(=O)[O-])oc12. The average molecular weight is 203 g/mol. The Labute approximate surface area is 84.8 Å². The van der Waals surface area contributed by atoms with Crippen LogP contribution in [0.25, 0.3) is 11.0 Å². The van der Waals surface area contributed by atoms with Crippen molar-refractivity contribution < 1.29 is 14.3 Å². The van der Waals surface area contributed by atoms with Crippen LogP contribution in [0, 0.1) is 6.92 Å². The smallest absolute Gasteiger partial charge is 0.193 e. The number of para-hydroxylation sites is 1. The number of aryl methyl sites for hydroxylation is 1. The number of carbonyl (C=O) groups is 1. The molecule has 0 N–H and O–H groups in total. The summed E-state index contributed by atoms with van der Waals surface area (Å²) in [6, 6.07) is 5.97. The Morgan fingerprint density at radius 3 is 2.80 bits per heavy atom. The largest absolute Gasteiger partial charge is 0.542 e. The van der Waals surface area contributed by atoms with E-state index in [4.69, 9.17) is 4.42 Å². The molecule has 0 aliphatic rings. The van der Waals surface area contributed by atoms with Gasteiger partial charge in [-0.05, 0) is 18.6 Å². The summed E-state index contributed by atoms with van der Waals surface area (Å²) in [7, 11) is 0. The zero-order chi connectivity index (χ0) is 11.0. The fourth-order valence-corrected chi connectivity index (χ4v) is 1.42. The molecule has 0 radical (unpaired) electrons. The highest BCUT2D eigenvalue weighted by Gasteiger charge is 2.06. The second kappa shape index (κ2) is 3.24. The third-order valence-corrected chi connectivity index (χ3v) is 2.15. The van der Waals surface area contributed by atoms with Crippen LogP contribution in [-0.2, 0) is 0 Å². The van der Waals surface area contributed by atoms with E-state index >= 15 is 0 Å². The average Bonchev–Trinajstić information content (AvgIpc) is 2.19. The van der Waals surface area contributed by atoms with Crippen LogP contribution >= 0.6 is 0 Å². The molecule has 0 bridgehead atoms. The van der Waals surface area contributed by atoms with Gasteiger partial charge in [-0.25, -0.2) is 0 Å². The van der Waals surface area contributed by atoms with E-state index in [-0.39, 0.29) is 5.43 Å². The van der Waals surface area contributed by atoms with Crippen molar-refractivity contribution >= 4 is 16.9 Å². The number of carbonyl (C=O) groups excluding carboxylic acids is 1. The van der Waals surface area contributed by atoms with Crippen LogP contribution in [0.3, 0.4) is 0 Å². The molecule has 0 saturated carbocycles. The third kappa shape index (κ3) is 1.50. The van der Waals surface area contributed by atoms with Crippen LogP contribution in [0.15, 0.2) is 33.5 Å². The number of hydrogen-bond acceptors (Lipinski definition) is 4. The molecule has 76 valence electrons. The molecule has 0 fully saturated rings. The Morgan fingerprint density at radius 1 is 1.40 bits per heavy atom. The van der Waals surface area contributed by atoms with E-state index in [1.165, 1.54) is 0 Å². The molecule has 0 aliphatic heterocycles. The number of aromatic carboxylic acids is 1. The van der Waals surface area contributed by atoms with E-state index in [2.05, 4.69) is 0 Å². The van der Waals surface area contributed by atoms with Crippen molar-refractivity contribution in [3.05, 3.63) is 45.8 Å². The van der Waals surface area contributed by atoms with Crippen molar-refractivity contribution in [1.29, 1.82) is 0 Å². The molecule has 1 aromatic heterocycles. The van der Waals surface area contributed by atoms with E-state index in [0.717, 1.165) is 6.07 Å². The monoisotopic (exact) mass is 203 g/mol. The summed E-state index contributed by atoms with van der Waals surface area (Å²) in [4.78, 5) is 22.1.